The van der Waals surface area contributed by atoms with E-state index in [4.69, 9.17) is 0 Å². The largest absolute Gasteiger partial charge is 0.379 e. The van der Waals surface area contributed by atoms with Crippen LogP contribution in [0.25, 0.3) is 5.69 Å². The van der Waals surface area contributed by atoms with E-state index in [1.54, 1.807) is 23.2 Å². The zero-order valence-electron chi connectivity index (χ0n) is 10.8. The Morgan fingerprint density at radius 2 is 2.00 bits per heavy atom. The molecule has 1 aromatic carbocycles. The summed E-state index contributed by atoms with van der Waals surface area (Å²) in [5.74, 6) is 0. The molecule has 0 saturated heterocycles. The van der Waals surface area contributed by atoms with Gasteiger partial charge in [-0.15, -0.1) is 0 Å². The standard InChI is InChI=1S/C15H14N4O/c20-15-17-9-10-19(15)14-6-4-12(5-7-14)18-11-13-3-1-2-8-16-13/h1-10,18H,11H2,(H,17,20). The molecule has 0 unspecified atom stereocenters. The molecule has 0 atom stereocenters. The third-order valence-electron chi connectivity index (χ3n) is 2.99. The molecule has 0 fully saturated rings. The summed E-state index contributed by atoms with van der Waals surface area (Å²) in [4.78, 5) is 18.4. The summed E-state index contributed by atoms with van der Waals surface area (Å²) in [6.45, 7) is 0.671. The molecule has 0 aliphatic rings. The summed E-state index contributed by atoms with van der Waals surface area (Å²) >= 11 is 0. The van der Waals surface area contributed by atoms with E-state index < -0.39 is 0 Å². The summed E-state index contributed by atoms with van der Waals surface area (Å²) in [5, 5.41) is 3.29. The maximum Gasteiger partial charge on any atom is 0.330 e. The minimum atomic E-state index is -0.140. The molecule has 0 radical (unpaired) electrons. The number of pyridine rings is 1. The van der Waals surface area contributed by atoms with Gasteiger partial charge in [-0.25, -0.2) is 4.79 Å². The van der Waals surface area contributed by atoms with Crippen LogP contribution in [0.3, 0.4) is 0 Å². The van der Waals surface area contributed by atoms with Crippen molar-refractivity contribution in [1.29, 1.82) is 0 Å². The predicted octanol–water partition coefficient (Wildman–Crippen LogP) is 2.17. The van der Waals surface area contributed by atoms with Crippen LogP contribution in [-0.4, -0.2) is 14.5 Å². The van der Waals surface area contributed by atoms with Crippen molar-refractivity contribution >= 4 is 5.69 Å². The molecule has 20 heavy (non-hydrogen) atoms. The van der Waals surface area contributed by atoms with E-state index in [-0.39, 0.29) is 5.69 Å². The van der Waals surface area contributed by atoms with Crippen molar-refractivity contribution in [2.45, 2.75) is 6.54 Å². The SMILES string of the molecule is O=c1[nH]ccn1-c1ccc(NCc2ccccn2)cc1. The summed E-state index contributed by atoms with van der Waals surface area (Å²) in [7, 11) is 0. The fraction of sp³-hybridized carbons (Fsp3) is 0.0667. The second-order valence-electron chi connectivity index (χ2n) is 4.36. The molecule has 0 spiro atoms. The molecular formula is C15H14N4O. The zero-order valence-corrected chi connectivity index (χ0v) is 10.8. The third-order valence-corrected chi connectivity index (χ3v) is 2.99. The maximum absolute atomic E-state index is 11.5. The Morgan fingerprint density at radius 3 is 2.65 bits per heavy atom. The van der Waals surface area contributed by atoms with Gasteiger partial charge >= 0.3 is 5.69 Å². The van der Waals surface area contributed by atoms with E-state index in [0.717, 1.165) is 17.1 Å². The Balaban J connectivity index is 1.71. The van der Waals surface area contributed by atoms with E-state index >= 15 is 0 Å². The summed E-state index contributed by atoms with van der Waals surface area (Å²) in [6, 6.07) is 13.5. The Kier molecular flexibility index (Phi) is 3.33. The number of rotatable bonds is 4. The predicted molar refractivity (Wildman–Crippen MR) is 78.0 cm³/mol. The highest BCUT2D eigenvalue weighted by Gasteiger charge is 2.00. The Hall–Kier alpha value is -2.82. The van der Waals surface area contributed by atoms with Gasteiger partial charge < -0.3 is 10.3 Å². The number of nitrogens with one attached hydrogen (secondary N) is 2. The van der Waals surface area contributed by atoms with Gasteiger partial charge in [-0.2, -0.15) is 0 Å². The van der Waals surface area contributed by atoms with Crippen molar-refractivity contribution in [1.82, 2.24) is 14.5 Å². The lowest BCUT2D eigenvalue weighted by molar-refractivity contribution is 0.986. The number of hydrogen-bond donors (Lipinski definition) is 2. The van der Waals surface area contributed by atoms with Crippen molar-refractivity contribution in [2.75, 3.05) is 5.32 Å². The van der Waals surface area contributed by atoms with Gasteiger partial charge in [0.15, 0.2) is 0 Å². The van der Waals surface area contributed by atoms with Crippen LogP contribution in [-0.2, 0) is 6.54 Å². The van der Waals surface area contributed by atoms with E-state index in [1.165, 1.54) is 0 Å². The summed E-state index contributed by atoms with van der Waals surface area (Å²) in [5.41, 5.74) is 2.67. The molecule has 3 aromatic rings. The maximum atomic E-state index is 11.5. The van der Waals surface area contributed by atoms with Crippen molar-refractivity contribution in [2.24, 2.45) is 0 Å². The van der Waals surface area contributed by atoms with E-state index in [0.29, 0.717) is 6.54 Å². The number of nitrogens with zero attached hydrogens (tertiary/aromatic N) is 2. The topological polar surface area (TPSA) is 62.7 Å². The Morgan fingerprint density at radius 1 is 1.15 bits per heavy atom. The van der Waals surface area contributed by atoms with Crippen molar-refractivity contribution < 1.29 is 0 Å². The molecule has 2 heterocycles. The van der Waals surface area contributed by atoms with E-state index in [9.17, 15) is 4.79 Å². The number of imidazole rings is 1. The van der Waals surface area contributed by atoms with Crippen LogP contribution >= 0.6 is 0 Å². The molecule has 5 heteroatoms. The molecule has 0 aliphatic heterocycles. The zero-order chi connectivity index (χ0) is 13.8. The highest BCUT2D eigenvalue weighted by molar-refractivity contribution is 5.48. The average molecular weight is 266 g/mol. The van der Waals surface area contributed by atoms with Gasteiger partial charge in [0, 0.05) is 24.3 Å². The average Bonchev–Trinajstić information content (AvgIpc) is 2.93. The minimum Gasteiger partial charge on any atom is -0.379 e. The van der Waals surface area contributed by atoms with Gasteiger partial charge in [-0.05, 0) is 36.4 Å². The molecular weight excluding hydrogens is 252 g/mol. The fourth-order valence-corrected chi connectivity index (χ4v) is 1.96. The third kappa shape index (κ3) is 2.61. The van der Waals surface area contributed by atoms with Crippen molar-refractivity contribution in [3.63, 3.8) is 0 Å². The molecule has 3 rings (SSSR count). The number of benzene rings is 1. The first kappa shape index (κ1) is 12.2. The molecule has 0 aliphatic carbocycles. The number of hydrogen-bond acceptors (Lipinski definition) is 3. The first-order valence-electron chi connectivity index (χ1n) is 6.33. The molecule has 2 N–H and O–H groups in total. The lowest BCUT2D eigenvalue weighted by Gasteiger charge is -2.07. The summed E-state index contributed by atoms with van der Waals surface area (Å²) < 4.78 is 1.56. The van der Waals surface area contributed by atoms with Gasteiger partial charge in [0.05, 0.1) is 17.9 Å². The van der Waals surface area contributed by atoms with Crippen LogP contribution in [0.4, 0.5) is 5.69 Å². The second kappa shape index (κ2) is 5.44. The Labute approximate surface area is 115 Å². The van der Waals surface area contributed by atoms with Crippen LogP contribution in [0.1, 0.15) is 5.69 Å². The molecule has 0 saturated carbocycles. The van der Waals surface area contributed by atoms with Crippen LogP contribution in [0.2, 0.25) is 0 Å². The summed E-state index contributed by atoms with van der Waals surface area (Å²) in [6.07, 6.45) is 5.10. The van der Waals surface area contributed by atoms with Crippen molar-refractivity contribution in [3.8, 4) is 5.69 Å². The first-order chi connectivity index (χ1) is 9.83. The van der Waals surface area contributed by atoms with E-state index in [2.05, 4.69) is 15.3 Å². The molecule has 0 amide bonds. The van der Waals surface area contributed by atoms with Gasteiger partial charge in [0.2, 0.25) is 0 Å². The second-order valence-corrected chi connectivity index (χ2v) is 4.36. The van der Waals surface area contributed by atoms with Gasteiger partial charge in [0.25, 0.3) is 0 Å². The van der Waals surface area contributed by atoms with Crippen LogP contribution in [0.15, 0.2) is 65.8 Å². The monoisotopic (exact) mass is 266 g/mol. The number of aromatic amines is 1. The first-order valence-corrected chi connectivity index (χ1v) is 6.33. The highest BCUT2D eigenvalue weighted by atomic mass is 16.1. The smallest absolute Gasteiger partial charge is 0.330 e. The molecule has 0 bridgehead atoms. The number of anilines is 1. The quantitative estimate of drug-likeness (QED) is 0.760. The highest BCUT2D eigenvalue weighted by Crippen LogP contribution is 2.12. The van der Waals surface area contributed by atoms with E-state index in [1.807, 2.05) is 42.5 Å². The van der Waals surface area contributed by atoms with Gasteiger partial charge in [-0.3, -0.25) is 9.55 Å². The van der Waals surface area contributed by atoms with Gasteiger partial charge in [-0.1, -0.05) is 6.07 Å². The normalized spacial score (nSPS) is 10.4. The molecule has 5 nitrogen and oxygen atoms in total. The number of H-pyrrole nitrogens is 1. The fourth-order valence-electron chi connectivity index (χ4n) is 1.96. The Bertz CT molecular complexity index is 728. The lowest BCUT2D eigenvalue weighted by atomic mass is 10.2. The van der Waals surface area contributed by atoms with Crippen LogP contribution in [0.5, 0.6) is 0 Å². The molecule has 2 aromatic heterocycles. The van der Waals surface area contributed by atoms with Crippen LogP contribution in [0, 0.1) is 0 Å². The lowest BCUT2D eigenvalue weighted by Crippen LogP contribution is -2.13. The number of aromatic nitrogens is 3. The van der Waals surface area contributed by atoms with Gasteiger partial charge in [0.1, 0.15) is 0 Å². The van der Waals surface area contributed by atoms with Crippen molar-refractivity contribution in [3.05, 3.63) is 77.2 Å². The molecule has 100 valence electrons. The van der Waals surface area contributed by atoms with Crippen LogP contribution < -0.4 is 11.0 Å². The minimum absolute atomic E-state index is 0.140.